The number of amides is 1. The highest BCUT2D eigenvalue weighted by Crippen LogP contribution is 2.41. The number of aromatic hydroxyl groups is 1. The fourth-order valence-corrected chi connectivity index (χ4v) is 4.96. The summed E-state index contributed by atoms with van der Waals surface area (Å²) in [5.41, 5.74) is 3.88. The number of hydrogen-bond acceptors (Lipinski definition) is 5. The van der Waals surface area contributed by atoms with Crippen molar-refractivity contribution in [3.63, 3.8) is 0 Å². The highest BCUT2D eigenvalue weighted by atomic mass is 35.5. The molecule has 5 rings (SSSR count). The molecule has 0 spiro atoms. The van der Waals surface area contributed by atoms with Crippen LogP contribution in [0.1, 0.15) is 13.3 Å². The molecule has 1 aromatic heterocycles. The number of carbonyl (C=O) groups is 1. The van der Waals surface area contributed by atoms with Crippen molar-refractivity contribution in [2.24, 2.45) is 5.92 Å². The number of pyridine rings is 1. The molecule has 1 unspecified atom stereocenters. The minimum Gasteiger partial charge on any atom is -0.507 e. The number of nitrogens with one attached hydrogen (secondary N) is 1. The third-order valence-electron chi connectivity index (χ3n) is 6.40. The molecule has 7 heteroatoms. The van der Waals surface area contributed by atoms with Crippen molar-refractivity contribution in [1.29, 1.82) is 0 Å². The largest absolute Gasteiger partial charge is 0.507 e. The lowest BCUT2D eigenvalue weighted by Gasteiger charge is -2.28. The van der Waals surface area contributed by atoms with Crippen molar-refractivity contribution in [2.45, 2.75) is 13.3 Å². The number of carbonyl (C=O) groups excluding carboxylic acids is 1. The summed E-state index contributed by atoms with van der Waals surface area (Å²) in [6.07, 6.45) is 2.33. The van der Waals surface area contributed by atoms with E-state index in [1.165, 1.54) is 0 Å². The Hall–Kier alpha value is -3.09. The summed E-state index contributed by atoms with van der Waals surface area (Å²) < 4.78 is 0. The number of piperazine rings is 1. The Morgan fingerprint density at radius 3 is 2.45 bits per heavy atom. The van der Waals surface area contributed by atoms with Gasteiger partial charge in [-0.3, -0.25) is 4.79 Å². The van der Waals surface area contributed by atoms with Crippen LogP contribution in [0.2, 0.25) is 5.02 Å². The van der Waals surface area contributed by atoms with Gasteiger partial charge >= 0.3 is 0 Å². The van der Waals surface area contributed by atoms with Crippen molar-refractivity contribution in [2.75, 3.05) is 42.5 Å². The van der Waals surface area contributed by atoms with E-state index in [9.17, 15) is 9.90 Å². The van der Waals surface area contributed by atoms with Crippen LogP contribution in [0, 0.1) is 5.92 Å². The maximum absolute atomic E-state index is 12.3. The molecular weight excluding hydrogens is 436 g/mol. The zero-order valence-corrected chi connectivity index (χ0v) is 19.3. The van der Waals surface area contributed by atoms with E-state index in [0.29, 0.717) is 29.5 Å². The number of para-hydroxylation sites is 1. The molecule has 2 aliphatic heterocycles. The van der Waals surface area contributed by atoms with E-state index < -0.39 is 0 Å². The zero-order chi connectivity index (χ0) is 22.9. The molecule has 0 radical (unpaired) electrons. The van der Waals surface area contributed by atoms with Crippen LogP contribution < -0.4 is 15.1 Å². The molecule has 3 heterocycles. The molecule has 1 amide bonds. The lowest BCUT2D eigenvalue weighted by atomic mass is 9.97. The normalized spacial score (nSPS) is 18.7. The van der Waals surface area contributed by atoms with Gasteiger partial charge in [0.15, 0.2) is 0 Å². The van der Waals surface area contributed by atoms with Crippen LogP contribution in [0.25, 0.3) is 22.3 Å². The Morgan fingerprint density at radius 1 is 1.06 bits per heavy atom. The van der Waals surface area contributed by atoms with E-state index in [4.69, 9.17) is 11.6 Å². The van der Waals surface area contributed by atoms with Gasteiger partial charge in [0.25, 0.3) is 0 Å². The second kappa shape index (κ2) is 9.04. The van der Waals surface area contributed by atoms with Crippen LogP contribution in [-0.4, -0.2) is 48.7 Å². The van der Waals surface area contributed by atoms with E-state index in [2.05, 4.69) is 22.1 Å². The summed E-state index contributed by atoms with van der Waals surface area (Å²) in [7, 11) is 0. The van der Waals surface area contributed by atoms with Crippen LogP contribution in [0.3, 0.4) is 0 Å². The molecule has 0 aliphatic carbocycles. The van der Waals surface area contributed by atoms with Gasteiger partial charge in [-0.2, -0.15) is 0 Å². The highest BCUT2D eigenvalue weighted by Gasteiger charge is 2.29. The first-order valence-electron chi connectivity index (χ1n) is 11.4. The monoisotopic (exact) mass is 462 g/mol. The van der Waals surface area contributed by atoms with Gasteiger partial charge in [0.2, 0.25) is 5.91 Å². The lowest BCUT2D eigenvalue weighted by molar-refractivity contribution is -0.117. The minimum absolute atomic E-state index is 0.0972. The molecule has 33 heavy (non-hydrogen) atoms. The maximum atomic E-state index is 12.3. The zero-order valence-electron chi connectivity index (χ0n) is 18.6. The second-order valence-electron chi connectivity index (χ2n) is 8.82. The molecule has 2 N–H and O–H groups in total. The van der Waals surface area contributed by atoms with E-state index in [1.807, 2.05) is 48.5 Å². The number of benzene rings is 2. The van der Waals surface area contributed by atoms with Crippen molar-refractivity contribution in [1.82, 2.24) is 10.3 Å². The van der Waals surface area contributed by atoms with E-state index in [0.717, 1.165) is 54.4 Å². The Bertz CT molecular complexity index is 1190. The molecule has 2 saturated heterocycles. The van der Waals surface area contributed by atoms with Gasteiger partial charge in [-0.05, 0) is 41.3 Å². The van der Waals surface area contributed by atoms with Crippen molar-refractivity contribution >= 4 is 29.0 Å². The summed E-state index contributed by atoms with van der Waals surface area (Å²) in [6.45, 7) is 6.43. The highest BCUT2D eigenvalue weighted by molar-refractivity contribution is 6.34. The summed E-state index contributed by atoms with van der Waals surface area (Å²) >= 11 is 6.59. The fraction of sp³-hybridized carbons (Fsp3) is 0.308. The van der Waals surface area contributed by atoms with Gasteiger partial charge < -0.3 is 20.2 Å². The van der Waals surface area contributed by atoms with Crippen LogP contribution in [-0.2, 0) is 4.79 Å². The quantitative estimate of drug-likeness (QED) is 0.595. The maximum Gasteiger partial charge on any atom is 0.227 e. The van der Waals surface area contributed by atoms with Gasteiger partial charge in [-0.15, -0.1) is 0 Å². The van der Waals surface area contributed by atoms with Crippen LogP contribution in [0.15, 0.2) is 54.7 Å². The van der Waals surface area contributed by atoms with Gasteiger partial charge in [-0.25, -0.2) is 4.98 Å². The molecule has 2 fully saturated rings. The summed E-state index contributed by atoms with van der Waals surface area (Å²) in [5, 5.41) is 15.1. The van der Waals surface area contributed by atoms with Crippen molar-refractivity contribution in [3.05, 3.63) is 59.8 Å². The summed E-state index contributed by atoms with van der Waals surface area (Å²) in [4.78, 5) is 20.8. The molecule has 0 saturated carbocycles. The van der Waals surface area contributed by atoms with Gasteiger partial charge in [0, 0.05) is 56.5 Å². The van der Waals surface area contributed by atoms with Gasteiger partial charge in [0.1, 0.15) is 11.6 Å². The molecule has 0 bridgehead atoms. The SMILES string of the molecule is CC1CC(=O)N(c2ccc(-c3cccc(-c4ccnc(N5CCNCC5)c4)c3O)cc2Cl)C1. The average Bonchev–Trinajstić information content (AvgIpc) is 3.17. The number of nitrogens with zero attached hydrogens (tertiary/aromatic N) is 3. The number of rotatable bonds is 4. The van der Waals surface area contributed by atoms with Gasteiger partial charge in [-0.1, -0.05) is 42.8 Å². The van der Waals surface area contributed by atoms with Crippen molar-refractivity contribution in [3.8, 4) is 28.0 Å². The van der Waals surface area contributed by atoms with Crippen LogP contribution in [0.5, 0.6) is 5.75 Å². The molecule has 3 aromatic rings. The second-order valence-corrected chi connectivity index (χ2v) is 9.23. The number of aromatic nitrogens is 1. The fourth-order valence-electron chi connectivity index (χ4n) is 4.67. The van der Waals surface area contributed by atoms with Crippen LogP contribution >= 0.6 is 11.6 Å². The molecule has 1 atom stereocenters. The summed E-state index contributed by atoms with van der Waals surface area (Å²) in [6, 6.07) is 15.3. The van der Waals surface area contributed by atoms with E-state index >= 15 is 0 Å². The molecule has 6 nitrogen and oxygen atoms in total. The predicted molar refractivity (Wildman–Crippen MR) is 133 cm³/mol. The molecule has 170 valence electrons. The lowest BCUT2D eigenvalue weighted by Crippen LogP contribution is -2.43. The number of halogens is 1. The van der Waals surface area contributed by atoms with E-state index in [-0.39, 0.29) is 11.7 Å². The van der Waals surface area contributed by atoms with Gasteiger partial charge in [0.05, 0.1) is 10.7 Å². The topological polar surface area (TPSA) is 68.7 Å². The molecule has 2 aromatic carbocycles. The van der Waals surface area contributed by atoms with E-state index in [1.54, 1.807) is 11.1 Å². The summed E-state index contributed by atoms with van der Waals surface area (Å²) in [5.74, 6) is 1.53. The number of phenolic OH excluding ortho intramolecular Hbond substituents is 1. The molecule has 2 aliphatic rings. The average molecular weight is 463 g/mol. The predicted octanol–water partition coefficient (Wildman–Crippen LogP) is 4.56. The Balaban J connectivity index is 1.47. The standard InChI is InChI=1S/C26H27ClN4O2/c1-17-13-25(32)31(16-17)23-6-5-18(14-22(23)27)20-3-2-4-21(26(20)33)19-7-8-29-24(15-19)30-11-9-28-10-12-30/h2-8,14-15,17,28,33H,9-13,16H2,1H3. The Labute approximate surface area is 198 Å². The third kappa shape index (κ3) is 4.28. The smallest absolute Gasteiger partial charge is 0.227 e. The van der Waals surface area contributed by atoms with Crippen LogP contribution in [0.4, 0.5) is 11.5 Å². The number of anilines is 2. The third-order valence-corrected chi connectivity index (χ3v) is 6.70. The number of phenols is 1. The Morgan fingerprint density at radius 2 is 1.79 bits per heavy atom. The first-order valence-corrected chi connectivity index (χ1v) is 11.7. The number of hydrogen-bond donors (Lipinski definition) is 2. The van der Waals surface area contributed by atoms with Crippen molar-refractivity contribution < 1.29 is 9.90 Å². The Kier molecular flexibility index (Phi) is 5.96. The first kappa shape index (κ1) is 21.7. The molecular formula is C26H27ClN4O2. The minimum atomic E-state index is 0.0972. The first-order chi connectivity index (χ1) is 16.0.